The first-order valence-electron chi connectivity index (χ1n) is 7.88. The van der Waals surface area contributed by atoms with E-state index in [-0.39, 0.29) is 24.4 Å². The molecular formula is C16H22ClN5O3. The molecule has 3 rings (SSSR count). The third-order valence-corrected chi connectivity index (χ3v) is 3.98. The maximum Gasteiger partial charge on any atom is 0.249 e. The minimum absolute atomic E-state index is 0. The molecule has 0 spiro atoms. The van der Waals surface area contributed by atoms with Crippen molar-refractivity contribution in [2.24, 2.45) is 5.73 Å². The summed E-state index contributed by atoms with van der Waals surface area (Å²) in [5.74, 6) is 0.642. The maximum absolute atomic E-state index is 12.1. The zero-order valence-electron chi connectivity index (χ0n) is 13.9. The number of carbonyl (C=O) groups is 1. The summed E-state index contributed by atoms with van der Waals surface area (Å²) >= 11 is 0. The minimum Gasteiger partial charge on any atom is -0.497 e. The van der Waals surface area contributed by atoms with Gasteiger partial charge in [-0.05, 0) is 37.1 Å². The monoisotopic (exact) mass is 367 g/mol. The van der Waals surface area contributed by atoms with E-state index in [1.807, 2.05) is 24.3 Å². The van der Waals surface area contributed by atoms with Gasteiger partial charge in [-0.15, -0.1) is 17.5 Å². The second kappa shape index (κ2) is 8.80. The highest BCUT2D eigenvalue weighted by atomic mass is 35.5. The lowest BCUT2D eigenvalue weighted by Gasteiger charge is -2.11. The number of halogens is 1. The lowest BCUT2D eigenvalue weighted by molar-refractivity contribution is -0.132. The summed E-state index contributed by atoms with van der Waals surface area (Å²) in [6.07, 6.45) is 2.86. The van der Waals surface area contributed by atoms with Crippen molar-refractivity contribution in [1.82, 2.24) is 20.3 Å². The summed E-state index contributed by atoms with van der Waals surface area (Å²) in [7, 11) is 1.62. The highest BCUT2D eigenvalue weighted by Gasteiger charge is 2.29. The molecular weight excluding hydrogens is 346 g/mol. The van der Waals surface area contributed by atoms with Crippen molar-refractivity contribution < 1.29 is 14.3 Å². The van der Waals surface area contributed by atoms with E-state index in [4.69, 9.17) is 15.2 Å². The molecule has 1 aliphatic rings. The first-order chi connectivity index (χ1) is 11.7. The van der Waals surface area contributed by atoms with Gasteiger partial charge in [0, 0.05) is 6.54 Å². The Labute approximate surface area is 152 Å². The van der Waals surface area contributed by atoms with Gasteiger partial charge in [0.1, 0.15) is 17.5 Å². The molecule has 2 atom stereocenters. The van der Waals surface area contributed by atoms with Crippen LogP contribution in [0.15, 0.2) is 30.5 Å². The summed E-state index contributed by atoms with van der Waals surface area (Å²) in [5, 5.41) is 11.0. The summed E-state index contributed by atoms with van der Waals surface area (Å²) < 4.78 is 12.3. The van der Waals surface area contributed by atoms with Crippen molar-refractivity contribution in [3.8, 4) is 11.4 Å². The quantitative estimate of drug-likeness (QED) is 0.783. The fraction of sp³-hybridized carbons (Fsp3) is 0.438. The number of hydrogen-bond donors (Lipinski definition) is 2. The topological polar surface area (TPSA) is 104 Å². The zero-order valence-corrected chi connectivity index (χ0v) is 14.7. The van der Waals surface area contributed by atoms with Crippen molar-refractivity contribution >= 4 is 18.3 Å². The molecule has 1 aliphatic heterocycles. The molecule has 0 radical (unpaired) electrons. The van der Waals surface area contributed by atoms with E-state index in [1.165, 1.54) is 0 Å². The van der Waals surface area contributed by atoms with Gasteiger partial charge in [-0.25, -0.2) is 4.68 Å². The smallest absolute Gasteiger partial charge is 0.249 e. The molecule has 0 bridgehead atoms. The summed E-state index contributed by atoms with van der Waals surface area (Å²) in [6.45, 7) is 0.752. The molecule has 2 heterocycles. The molecule has 1 aromatic carbocycles. The number of methoxy groups -OCH3 is 1. The summed E-state index contributed by atoms with van der Waals surface area (Å²) in [6, 6.07) is 7.47. The van der Waals surface area contributed by atoms with Crippen LogP contribution in [0.25, 0.3) is 5.69 Å². The fourth-order valence-electron chi connectivity index (χ4n) is 2.60. The molecule has 1 aromatic heterocycles. The number of ether oxygens (including phenoxy) is 2. The average Bonchev–Trinajstić information content (AvgIpc) is 3.29. The Kier molecular flexibility index (Phi) is 6.74. The molecule has 2 aromatic rings. The van der Waals surface area contributed by atoms with Crippen LogP contribution < -0.4 is 15.8 Å². The Morgan fingerprint density at radius 2 is 2.16 bits per heavy atom. The average molecular weight is 368 g/mol. The van der Waals surface area contributed by atoms with Gasteiger partial charge in [0.2, 0.25) is 5.91 Å². The molecule has 3 N–H and O–H groups in total. The molecule has 1 saturated heterocycles. The van der Waals surface area contributed by atoms with Crippen LogP contribution in [-0.2, 0) is 16.1 Å². The van der Waals surface area contributed by atoms with Crippen LogP contribution in [0.5, 0.6) is 5.75 Å². The van der Waals surface area contributed by atoms with E-state index in [9.17, 15) is 4.79 Å². The van der Waals surface area contributed by atoms with E-state index in [0.29, 0.717) is 25.2 Å². The first-order valence-corrected chi connectivity index (χ1v) is 7.88. The van der Waals surface area contributed by atoms with E-state index in [2.05, 4.69) is 15.6 Å². The molecule has 0 aliphatic carbocycles. The number of nitrogens with two attached hydrogens (primary N) is 1. The number of amides is 1. The van der Waals surface area contributed by atoms with Crippen molar-refractivity contribution in [1.29, 1.82) is 0 Å². The molecule has 0 saturated carbocycles. The number of benzene rings is 1. The van der Waals surface area contributed by atoms with Crippen LogP contribution in [0.2, 0.25) is 0 Å². The largest absolute Gasteiger partial charge is 0.497 e. The van der Waals surface area contributed by atoms with Crippen molar-refractivity contribution in [2.75, 3.05) is 13.7 Å². The number of carbonyl (C=O) groups excluding carboxylic acids is 1. The minimum atomic E-state index is -0.421. The van der Waals surface area contributed by atoms with Crippen LogP contribution in [0.4, 0.5) is 0 Å². The Bertz CT molecular complexity index is 691. The predicted octanol–water partition coefficient (Wildman–Crippen LogP) is 0.820. The van der Waals surface area contributed by atoms with E-state index in [0.717, 1.165) is 17.9 Å². The Balaban J connectivity index is 0.00000225. The van der Waals surface area contributed by atoms with E-state index in [1.54, 1.807) is 18.0 Å². The second-order valence-electron chi connectivity index (χ2n) is 5.63. The van der Waals surface area contributed by atoms with Crippen LogP contribution >= 0.6 is 12.4 Å². The molecule has 0 unspecified atom stereocenters. The number of nitrogens with zero attached hydrogens (tertiary/aromatic N) is 3. The van der Waals surface area contributed by atoms with Crippen LogP contribution in [0, 0.1) is 0 Å². The maximum atomic E-state index is 12.1. The normalized spacial score (nSPS) is 19.3. The van der Waals surface area contributed by atoms with Gasteiger partial charge < -0.3 is 20.5 Å². The highest BCUT2D eigenvalue weighted by Crippen LogP contribution is 2.19. The number of rotatable bonds is 6. The van der Waals surface area contributed by atoms with Gasteiger partial charge in [0.15, 0.2) is 0 Å². The SMILES string of the molecule is COc1ccc(-n2cc(CNC(=O)[C@@H]3CC[C@H](CN)O3)nn2)cc1.Cl. The van der Waals surface area contributed by atoms with Crippen LogP contribution in [-0.4, -0.2) is 46.8 Å². The molecule has 136 valence electrons. The fourth-order valence-corrected chi connectivity index (χ4v) is 2.60. The first kappa shape index (κ1) is 19.2. The van der Waals surface area contributed by atoms with E-state index >= 15 is 0 Å². The van der Waals surface area contributed by atoms with Crippen molar-refractivity contribution in [2.45, 2.75) is 31.6 Å². The molecule has 9 heteroatoms. The zero-order chi connectivity index (χ0) is 16.9. The van der Waals surface area contributed by atoms with Crippen LogP contribution in [0.1, 0.15) is 18.5 Å². The van der Waals surface area contributed by atoms with Gasteiger partial charge in [-0.3, -0.25) is 4.79 Å². The number of nitrogens with one attached hydrogen (secondary N) is 1. The lowest BCUT2D eigenvalue weighted by atomic mass is 10.2. The number of hydrogen-bond acceptors (Lipinski definition) is 6. The standard InChI is InChI=1S/C16H21N5O3.ClH/c1-23-13-4-2-12(3-5-13)21-10-11(19-20-21)9-18-16(22)15-7-6-14(8-17)24-15;/h2-5,10,14-15H,6-9,17H2,1H3,(H,18,22);1H/t14-,15+;/m1./s1. The van der Waals surface area contributed by atoms with Crippen LogP contribution in [0.3, 0.4) is 0 Å². The Hall–Kier alpha value is -2.16. The molecule has 25 heavy (non-hydrogen) atoms. The van der Waals surface area contributed by atoms with Crippen molar-refractivity contribution in [3.63, 3.8) is 0 Å². The van der Waals surface area contributed by atoms with Gasteiger partial charge in [0.25, 0.3) is 0 Å². The van der Waals surface area contributed by atoms with Crippen molar-refractivity contribution in [3.05, 3.63) is 36.2 Å². The lowest BCUT2D eigenvalue weighted by Crippen LogP contribution is -2.35. The third-order valence-electron chi connectivity index (χ3n) is 3.98. The van der Waals surface area contributed by atoms with Gasteiger partial charge in [-0.1, -0.05) is 5.21 Å². The molecule has 1 amide bonds. The van der Waals surface area contributed by atoms with E-state index < -0.39 is 6.10 Å². The summed E-state index contributed by atoms with van der Waals surface area (Å²) in [4.78, 5) is 12.1. The molecule has 1 fully saturated rings. The number of aromatic nitrogens is 3. The third kappa shape index (κ3) is 4.68. The Morgan fingerprint density at radius 3 is 2.80 bits per heavy atom. The Morgan fingerprint density at radius 1 is 1.40 bits per heavy atom. The molecule has 8 nitrogen and oxygen atoms in total. The second-order valence-corrected chi connectivity index (χ2v) is 5.63. The van der Waals surface area contributed by atoms with Gasteiger partial charge >= 0.3 is 0 Å². The van der Waals surface area contributed by atoms with Gasteiger partial charge in [0.05, 0.1) is 31.6 Å². The highest BCUT2D eigenvalue weighted by molar-refractivity contribution is 5.85. The summed E-state index contributed by atoms with van der Waals surface area (Å²) in [5.41, 5.74) is 7.09. The van der Waals surface area contributed by atoms with Gasteiger partial charge in [-0.2, -0.15) is 0 Å². The predicted molar refractivity (Wildman–Crippen MR) is 94.0 cm³/mol.